The molecule has 0 fully saturated rings. The minimum Gasteiger partial charge on any atom is -0.496 e. The van der Waals surface area contributed by atoms with Gasteiger partial charge in [0.2, 0.25) is 0 Å². The van der Waals surface area contributed by atoms with Crippen molar-refractivity contribution in [2.45, 2.75) is 32.2 Å². The first-order chi connectivity index (χ1) is 9.19. The number of nitrogens with two attached hydrogens (primary N) is 1. The van der Waals surface area contributed by atoms with Crippen LogP contribution >= 0.6 is 0 Å². The van der Waals surface area contributed by atoms with Crippen molar-refractivity contribution in [3.05, 3.63) is 29.8 Å². The van der Waals surface area contributed by atoms with Crippen LogP contribution in [0.1, 0.15) is 37.8 Å². The van der Waals surface area contributed by atoms with Crippen molar-refractivity contribution in [3.8, 4) is 5.75 Å². The summed E-state index contributed by atoms with van der Waals surface area (Å²) in [7, 11) is 1.68. The molecule has 106 valence electrons. The summed E-state index contributed by atoms with van der Waals surface area (Å²) < 4.78 is 5.34. The number of unbranched alkanes of at least 4 members (excludes halogenated alkanes) is 1. The van der Waals surface area contributed by atoms with Crippen molar-refractivity contribution < 1.29 is 9.94 Å². The highest BCUT2D eigenvalue weighted by Crippen LogP contribution is 2.24. The predicted molar refractivity (Wildman–Crippen MR) is 76.7 cm³/mol. The second-order valence-electron chi connectivity index (χ2n) is 4.47. The molecule has 5 nitrogen and oxygen atoms in total. The third-order valence-corrected chi connectivity index (χ3v) is 3.04. The molecule has 0 aromatic heterocycles. The molecule has 19 heavy (non-hydrogen) atoms. The lowest BCUT2D eigenvalue weighted by atomic mass is 10.1. The van der Waals surface area contributed by atoms with E-state index in [1.807, 2.05) is 18.2 Å². The average Bonchev–Trinajstić information content (AvgIpc) is 2.46. The van der Waals surface area contributed by atoms with E-state index >= 15 is 0 Å². The maximum Gasteiger partial charge on any atom is 0.139 e. The van der Waals surface area contributed by atoms with Crippen LogP contribution in [0.15, 0.2) is 29.4 Å². The van der Waals surface area contributed by atoms with Crippen molar-refractivity contribution in [2.24, 2.45) is 10.9 Å². The van der Waals surface area contributed by atoms with Crippen molar-refractivity contribution in [2.75, 3.05) is 13.7 Å². The van der Waals surface area contributed by atoms with Crippen molar-refractivity contribution in [1.29, 1.82) is 0 Å². The standard InChI is InChI=1S/C14H23N3O2/c1-11(12-7-3-4-8-13(12)19-2)16-10-6-5-9-14(15)17-18/h3-4,7-8,11,16,18H,5-6,9-10H2,1-2H3,(H2,15,17)/t11-/m1/s1. The van der Waals surface area contributed by atoms with Gasteiger partial charge in [0.25, 0.3) is 0 Å². The number of oxime groups is 1. The first-order valence-corrected chi connectivity index (χ1v) is 6.51. The smallest absolute Gasteiger partial charge is 0.139 e. The molecule has 0 amide bonds. The van der Waals surface area contributed by atoms with Gasteiger partial charge in [-0.05, 0) is 32.4 Å². The van der Waals surface area contributed by atoms with Gasteiger partial charge < -0.3 is 21.0 Å². The summed E-state index contributed by atoms with van der Waals surface area (Å²) in [6, 6.07) is 8.24. The van der Waals surface area contributed by atoms with Crippen LogP contribution in [0.5, 0.6) is 5.75 Å². The number of benzene rings is 1. The van der Waals surface area contributed by atoms with Gasteiger partial charge in [0.05, 0.1) is 7.11 Å². The second-order valence-corrected chi connectivity index (χ2v) is 4.47. The van der Waals surface area contributed by atoms with E-state index in [9.17, 15) is 0 Å². The number of ether oxygens (including phenoxy) is 1. The number of amidine groups is 1. The molecule has 0 saturated carbocycles. The van der Waals surface area contributed by atoms with E-state index < -0.39 is 0 Å². The molecule has 1 aromatic carbocycles. The number of nitrogens with zero attached hydrogens (tertiary/aromatic N) is 1. The topological polar surface area (TPSA) is 79.9 Å². The summed E-state index contributed by atoms with van der Waals surface area (Å²) in [4.78, 5) is 0. The Balaban J connectivity index is 2.33. The summed E-state index contributed by atoms with van der Waals surface area (Å²) in [5.41, 5.74) is 6.56. The highest BCUT2D eigenvalue weighted by molar-refractivity contribution is 5.79. The van der Waals surface area contributed by atoms with Crippen LogP contribution in [0.4, 0.5) is 0 Å². The van der Waals surface area contributed by atoms with Gasteiger partial charge in [0, 0.05) is 18.0 Å². The lowest BCUT2D eigenvalue weighted by molar-refractivity contribution is 0.316. The van der Waals surface area contributed by atoms with Crippen LogP contribution in [0.3, 0.4) is 0 Å². The van der Waals surface area contributed by atoms with E-state index in [-0.39, 0.29) is 11.9 Å². The van der Waals surface area contributed by atoms with Crippen molar-refractivity contribution >= 4 is 5.84 Å². The number of nitrogens with one attached hydrogen (secondary N) is 1. The van der Waals surface area contributed by atoms with Gasteiger partial charge in [0.1, 0.15) is 11.6 Å². The van der Waals surface area contributed by atoms with Gasteiger partial charge in [-0.15, -0.1) is 0 Å². The zero-order valence-electron chi connectivity index (χ0n) is 11.6. The minimum absolute atomic E-state index is 0.236. The van der Waals surface area contributed by atoms with E-state index in [0.717, 1.165) is 30.7 Å². The fourth-order valence-corrected chi connectivity index (χ4v) is 1.93. The summed E-state index contributed by atoms with van der Waals surface area (Å²) in [5.74, 6) is 1.19. The molecule has 0 aliphatic rings. The molecule has 0 bridgehead atoms. The summed E-state index contributed by atoms with van der Waals surface area (Å²) in [6.07, 6.45) is 2.51. The normalized spacial score (nSPS) is 13.3. The zero-order valence-corrected chi connectivity index (χ0v) is 11.6. The van der Waals surface area contributed by atoms with Gasteiger partial charge in [-0.2, -0.15) is 0 Å². The molecule has 0 aliphatic heterocycles. The van der Waals surface area contributed by atoms with Gasteiger partial charge in [-0.25, -0.2) is 0 Å². The van der Waals surface area contributed by atoms with Gasteiger partial charge >= 0.3 is 0 Å². The maximum absolute atomic E-state index is 8.42. The van der Waals surface area contributed by atoms with E-state index in [4.69, 9.17) is 15.7 Å². The number of methoxy groups -OCH3 is 1. The van der Waals surface area contributed by atoms with Gasteiger partial charge in [-0.3, -0.25) is 0 Å². The Bertz CT molecular complexity index is 407. The SMILES string of the molecule is COc1ccccc1[C@@H](C)NCCCC/C(N)=N/O. The Morgan fingerprint density at radius 2 is 2.16 bits per heavy atom. The molecule has 5 heteroatoms. The predicted octanol–water partition coefficient (Wildman–Crippen LogP) is 2.26. The lowest BCUT2D eigenvalue weighted by Gasteiger charge is -2.17. The third kappa shape index (κ3) is 5.18. The Morgan fingerprint density at radius 3 is 2.84 bits per heavy atom. The van der Waals surface area contributed by atoms with Crippen LogP contribution in [-0.2, 0) is 0 Å². The molecule has 4 N–H and O–H groups in total. The first-order valence-electron chi connectivity index (χ1n) is 6.51. The maximum atomic E-state index is 8.42. The van der Waals surface area contributed by atoms with E-state index in [2.05, 4.69) is 23.5 Å². The second kappa shape index (κ2) is 8.37. The monoisotopic (exact) mass is 265 g/mol. The number of hydrogen-bond donors (Lipinski definition) is 3. The molecule has 1 rings (SSSR count). The summed E-state index contributed by atoms with van der Waals surface area (Å²) >= 11 is 0. The average molecular weight is 265 g/mol. The first kappa shape index (κ1) is 15.3. The fraction of sp³-hybridized carbons (Fsp3) is 0.500. The molecular formula is C14H23N3O2. The number of rotatable bonds is 8. The van der Waals surface area contributed by atoms with Gasteiger partial charge in [0.15, 0.2) is 0 Å². The highest BCUT2D eigenvalue weighted by Gasteiger charge is 2.09. The third-order valence-electron chi connectivity index (χ3n) is 3.04. The Hall–Kier alpha value is -1.75. The largest absolute Gasteiger partial charge is 0.496 e. The summed E-state index contributed by atoms with van der Waals surface area (Å²) in [5, 5.41) is 14.8. The molecule has 0 unspecified atom stereocenters. The molecule has 0 radical (unpaired) electrons. The molecule has 0 aliphatic carbocycles. The Labute approximate surface area is 114 Å². The van der Waals surface area contributed by atoms with Crippen LogP contribution in [0.25, 0.3) is 0 Å². The quantitative estimate of drug-likeness (QED) is 0.221. The van der Waals surface area contributed by atoms with Crippen molar-refractivity contribution in [1.82, 2.24) is 5.32 Å². The minimum atomic E-state index is 0.236. The van der Waals surface area contributed by atoms with Crippen LogP contribution < -0.4 is 15.8 Å². The van der Waals surface area contributed by atoms with Crippen LogP contribution in [-0.4, -0.2) is 24.7 Å². The Kier molecular flexibility index (Phi) is 6.74. The molecule has 0 spiro atoms. The summed E-state index contributed by atoms with van der Waals surface area (Å²) in [6.45, 7) is 3.00. The highest BCUT2D eigenvalue weighted by atomic mass is 16.5. The van der Waals surface area contributed by atoms with Crippen LogP contribution in [0, 0.1) is 0 Å². The molecule has 0 heterocycles. The fourth-order valence-electron chi connectivity index (χ4n) is 1.93. The molecule has 1 aromatic rings. The molecule has 1 atom stereocenters. The Morgan fingerprint density at radius 1 is 1.42 bits per heavy atom. The van der Waals surface area contributed by atoms with E-state index in [0.29, 0.717) is 6.42 Å². The van der Waals surface area contributed by atoms with Gasteiger partial charge in [-0.1, -0.05) is 23.4 Å². The van der Waals surface area contributed by atoms with E-state index in [1.54, 1.807) is 7.11 Å². The molecule has 0 saturated heterocycles. The van der Waals surface area contributed by atoms with E-state index in [1.165, 1.54) is 0 Å². The van der Waals surface area contributed by atoms with Crippen LogP contribution in [0.2, 0.25) is 0 Å². The number of para-hydroxylation sites is 1. The lowest BCUT2D eigenvalue weighted by Crippen LogP contribution is -2.21. The number of hydrogen-bond acceptors (Lipinski definition) is 4. The van der Waals surface area contributed by atoms with Crippen molar-refractivity contribution in [3.63, 3.8) is 0 Å². The molecular weight excluding hydrogens is 242 g/mol. The zero-order chi connectivity index (χ0) is 14.1.